The van der Waals surface area contributed by atoms with Crippen LogP contribution in [-0.4, -0.2) is 51.4 Å². The largest absolute Gasteiger partial charge is 0.480 e. The Labute approximate surface area is 232 Å². The number of aliphatic carboxylic acids is 1. The zero-order chi connectivity index (χ0) is 27.9. The number of thiazole rings is 1. The van der Waals surface area contributed by atoms with Crippen molar-refractivity contribution in [3.8, 4) is 11.1 Å². The van der Waals surface area contributed by atoms with E-state index in [2.05, 4.69) is 35.7 Å². The summed E-state index contributed by atoms with van der Waals surface area (Å²) in [6.07, 6.45) is 1.59. The lowest BCUT2D eigenvalue weighted by Crippen LogP contribution is -2.40. The maximum atomic E-state index is 12.8. The van der Waals surface area contributed by atoms with Gasteiger partial charge in [0.1, 0.15) is 6.04 Å². The fourth-order valence-electron chi connectivity index (χ4n) is 3.30. The molecule has 0 aliphatic rings. The second-order valence-electron chi connectivity index (χ2n) is 8.10. The molecule has 0 aliphatic carbocycles. The number of benzene rings is 2. The molecule has 0 radical (unpaired) electrons. The van der Waals surface area contributed by atoms with Crippen LogP contribution in [0.4, 0.5) is 5.13 Å². The van der Waals surface area contributed by atoms with Gasteiger partial charge >= 0.3 is 5.97 Å². The van der Waals surface area contributed by atoms with E-state index in [1.54, 1.807) is 12.1 Å². The van der Waals surface area contributed by atoms with Crippen molar-refractivity contribution in [1.29, 1.82) is 0 Å². The zero-order valence-electron chi connectivity index (χ0n) is 20.0. The number of hydrogen-bond donors (Lipinski definition) is 4. The van der Waals surface area contributed by atoms with Crippen molar-refractivity contribution in [2.75, 3.05) is 11.9 Å². The van der Waals surface area contributed by atoms with Gasteiger partial charge in [0.25, 0.3) is 10.0 Å². The van der Waals surface area contributed by atoms with E-state index in [1.807, 2.05) is 24.3 Å². The number of unbranched alkanes of at least 4 members (excludes halogenated alkanes) is 1. The number of anilines is 1. The summed E-state index contributed by atoms with van der Waals surface area (Å²) in [5.74, 6) is -1.71. The Balaban J connectivity index is 1.53. The molecule has 204 valence electrons. The second-order valence-corrected chi connectivity index (χ2v) is 13.8. The van der Waals surface area contributed by atoms with Crippen molar-refractivity contribution in [3.05, 3.63) is 59.2 Å². The number of nitrogens with zero attached hydrogens (tertiary/aromatic N) is 1. The van der Waals surface area contributed by atoms with Crippen molar-refractivity contribution < 1.29 is 31.5 Å². The Hall–Kier alpha value is -2.69. The molecule has 1 heterocycles. The SMILES string of the molecule is CC(=O)Nc1ncc(S(=O)(=O)NCCCCC(NS(=O)(=O)c2ccc(-c3ccc(Br)cc3)cc2)C(=O)O)s1. The molecule has 11 nitrogen and oxygen atoms in total. The summed E-state index contributed by atoms with van der Waals surface area (Å²) in [4.78, 5) is 26.5. The Morgan fingerprint density at radius 2 is 1.58 bits per heavy atom. The van der Waals surface area contributed by atoms with E-state index in [1.165, 1.54) is 19.1 Å². The van der Waals surface area contributed by atoms with Gasteiger partial charge in [-0.05, 0) is 54.7 Å². The smallest absolute Gasteiger partial charge is 0.321 e. The first-order valence-electron chi connectivity index (χ1n) is 11.2. The summed E-state index contributed by atoms with van der Waals surface area (Å²) in [5.41, 5.74) is 1.70. The van der Waals surface area contributed by atoms with Gasteiger partial charge in [-0.2, -0.15) is 4.72 Å². The first-order chi connectivity index (χ1) is 17.9. The monoisotopic (exact) mass is 644 g/mol. The van der Waals surface area contributed by atoms with E-state index >= 15 is 0 Å². The number of aromatic nitrogens is 1. The third kappa shape index (κ3) is 8.41. The van der Waals surface area contributed by atoms with Crippen molar-refractivity contribution in [3.63, 3.8) is 0 Å². The van der Waals surface area contributed by atoms with Gasteiger partial charge in [-0.3, -0.25) is 9.59 Å². The van der Waals surface area contributed by atoms with Crippen LogP contribution in [0.1, 0.15) is 26.2 Å². The fourth-order valence-corrected chi connectivity index (χ4v) is 6.98. The lowest BCUT2D eigenvalue weighted by molar-refractivity contribution is -0.139. The number of rotatable bonds is 13. The van der Waals surface area contributed by atoms with Crippen LogP contribution in [0.25, 0.3) is 11.1 Å². The van der Waals surface area contributed by atoms with Crippen LogP contribution in [0.2, 0.25) is 0 Å². The Bertz CT molecular complexity index is 1490. The summed E-state index contributed by atoms with van der Waals surface area (Å²) >= 11 is 4.16. The van der Waals surface area contributed by atoms with Gasteiger partial charge in [0.2, 0.25) is 15.9 Å². The molecule has 0 bridgehead atoms. The topological polar surface area (TPSA) is 172 Å². The lowest BCUT2D eigenvalue weighted by atomic mass is 10.1. The molecule has 1 unspecified atom stereocenters. The molecule has 1 atom stereocenters. The highest BCUT2D eigenvalue weighted by molar-refractivity contribution is 9.10. The summed E-state index contributed by atoms with van der Waals surface area (Å²) in [6, 6.07) is 12.2. The molecule has 1 amide bonds. The normalized spacial score (nSPS) is 12.7. The quantitative estimate of drug-likeness (QED) is 0.205. The molecule has 0 aliphatic heterocycles. The average molecular weight is 646 g/mol. The van der Waals surface area contributed by atoms with Crippen molar-refractivity contribution in [2.45, 2.75) is 41.3 Å². The van der Waals surface area contributed by atoms with Gasteiger partial charge in [0, 0.05) is 17.9 Å². The Kier molecular flexibility index (Phi) is 10.1. The van der Waals surface area contributed by atoms with E-state index in [-0.39, 0.29) is 46.0 Å². The van der Waals surface area contributed by atoms with Gasteiger partial charge < -0.3 is 10.4 Å². The second kappa shape index (κ2) is 12.9. The number of hydrogen-bond acceptors (Lipinski definition) is 8. The zero-order valence-corrected chi connectivity index (χ0v) is 24.1. The molecule has 3 rings (SSSR count). The minimum Gasteiger partial charge on any atom is -0.480 e. The number of carbonyl (C=O) groups excluding carboxylic acids is 1. The van der Waals surface area contributed by atoms with Gasteiger partial charge in [-0.15, -0.1) is 0 Å². The molecule has 4 N–H and O–H groups in total. The molecule has 15 heteroatoms. The predicted octanol–water partition coefficient (Wildman–Crippen LogP) is 3.41. The Morgan fingerprint density at radius 3 is 2.16 bits per heavy atom. The highest BCUT2D eigenvalue weighted by atomic mass is 79.9. The summed E-state index contributed by atoms with van der Waals surface area (Å²) in [6.45, 7) is 1.28. The van der Waals surface area contributed by atoms with E-state index in [9.17, 15) is 31.5 Å². The van der Waals surface area contributed by atoms with Crippen molar-refractivity contribution in [1.82, 2.24) is 14.4 Å². The van der Waals surface area contributed by atoms with E-state index in [4.69, 9.17) is 0 Å². The molecule has 0 spiro atoms. The molecule has 0 fully saturated rings. The van der Waals surface area contributed by atoms with Crippen molar-refractivity contribution >= 4 is 64.3 Å². The molecule has 1 aromatic heterocycles. The molecule has 2 aromatic carbocycles. The number of nitrogens with one attached hydrogen (secondary N) is 3. The number of halogens is 1. The molecule has 0 saturated carbocycles. The number of amides is 1. The first kappa shape index (κ1) is 29.9. The van der Waals surface area contributed by atoms with E-state index < -0.39 is 32.1 Å². The molecular formula is C23H25BrN4O7S3. The first-order valence-corrected chi connectivity index (χ1v) is 15.8. The summed E-state index contributed by atoms with van der Waals surface area (Å²) in [7, 11) is -7.96. The van der Waals surface area contributed by atoms with Gasteiger partial charge in [-0.25, -0.2) is 26.5 Å². The maximum absolute atomic E-state index is 12.8. The van der Waals surface area contributed by atoms with Crippen LogP contribution in [-0.2, 0) is 29.6 Å². The molecular weight excluding hydrogens is 620 g/mol. The lowest BCUT2D eigenvalue weighted by Gasteiger charge is -2.15. The van der Waals surface area contributed by atoms with E-state index in [0.717, 1.165) is 33.1 Å². The van der Waals surface area contributed by atoms with Crippen LogP contribution >= 0.6 is 27.3 Å². The standard InChI is InChI=1S/C23H25BrN4O7S3/c1-15(29)27-23-25-14-21(36-23)38(34,35)26-13-3-2-4-20(22(30)31)28-37(32,33)19-11-7-17(8-12-19)16-5-9-18(24)10-6-16/h5-12,14,20,26,28H,2-4,13H2,1H3,(H,30,31)(H,25,27,29). The average Bonchev–Trinajstić information content (AvgIpc) is 3.32. The van der Waals surface area contributed by atoms with E-state index in [0.29, 0.717) is 0 Å². The van der Waals surface area contributed by atoms with Crippen molar-refractivity contribution in [2.24, 2.45) is 0 Å². The van der Waals surface area contributed by atoms with Gasteiger partial charge in [-0.1, -0.05) is 51.5 Å². The molecule has 38 heavy (non-hydrogen) atoms. The fraction of sp³-hybridized carbons (Fsp3) is 0.261. The van der Waals surface area contributed by atoms with Gasteiger partial charge in [0.05, 0.1) is 11.1 Å². The van der Waals surface area contributed by atoms with Crippen LogP contribution < -0.4 is 14.8 Å². The predicted molar refractivity (Wildman–Crippen MR) is 147 cm³/mol. The molecule has 0 saturated heterocycles. The highest BCUT2D eigenvalue weighted by Crippen LogP contribution is 2.24. The minimum atomic E-state index is -4.10. The van der Waals surface area contributed by atoms with Crippen LogP contribution in [0.5, 0.6) is 0 Å². The summed E-state index contributed by atoms with van der Waals surface area (Å²) < 4.78 is 55.7. The molecule has 3 aromatic rings. The van der Waals surface area contributed by atoms with Crippen LogP contribution in [0, 0.1) is 0 Å². The Morgan fingerprint density at radius 1 is 0.974 bits per heavy atom. The third-order valence-corrected chi connectivity index (χ3v) is 10.0. The number of sulfonamides is 2. The number of carboxylic acids is 1. The minimum absolute atomic E-state index is 0.00626. The van der Waals surface area contributed by atoms with Crippen LogP contribution in [0.3, 0.4) is 0 Å². The van der Waals surface area contributed by atoms with Crippen LogP contribution in [0.15, 0.2) is 68.3 Å². The number of carboxylic acid groups (broad SMARTS) is 1. The number of carbonyl (C=O) groups is 2. The summed E-state index contributed by atoms with van der Waals surface area (Å²) in [5, 5.41) is 12.1. The highest BCUT2D eigenvalue weighted by Gasteiger charge is 2.25. The maximum Gasteiger partial charge on any atom is 0.321 e. The third-order valence-electron chi connectivity index (χ3n) is 5.18. The van der Waals surface area contributed by atoms with Gasteiger partial charge in [0.15, 0.2) is 9.34 Å².